The topological polar surface area (TPSA) is 24.5 Å². The first kappa shape index (κ1) is 15.8. The molecule has 122 valence electrons. The summed E-state index contributed by atoms with van der Waals surface area (Å²) in [6.45, 7) is 9.27. The van der Waals surface area contributed by atoms with Gasteiger partial charge in [0.15, 0.2) is 0 Å². The van der Waals surface area contributed by atoms with E-state index in [2.05, 4.69) is 24.1 Å². The molecule has 2 heterocycles. The molecule has 3 rings (SSSR count). The molecule has 0 aromatic heterocycles. The van der Waals surface area contributed by atoms with Crippen molar-refractivity contribution in [3.05, 3.63) is 0 Å². The summed E-state index contributed by atoms with van der Waals surface area (Å²) in [6.07, 6.45) is 10.3. The van der Waals surface area contributed by atoms with Gasteiger partial charge in [0.1, 0.15) is 0 Å². The van der Waals surface area contributed by atoms with Crippen molar-refractivity contribution in [2.24, 2.45) is 11.8 Å². The van der Waals surface area contributed by atoms with Crippen LogP contribution in [0.2, 0.25) is 0 Å². The molecule has 3 aliphatic rings. The molecular formula is C18H34N2O. The van der Waals surface area contributed by atoms with Crippen molar-refractivity contribution in [3.8, 4) is 0 Å². The number of piperazine rings is 1. The molecule has 0 aromatic rings. The summed E-state index contributed by atoms with van der Waals surface area (Å²) in [7, 11) is 0. The van der Waals surface area contributed by atoms with Gasteiger partial charge < -0.3 is 10.1 Å². The Kier molecular flexibility index (Phi) is 5.58. The van der Waals surface area contributed by atoms with Gasteiger partial charge in [0.2, 0.25) is 0 Å². The molecule has 3 atom stereocenters. The highest BCUT2D eigenvalue weighted by molar-refractivity contribution is 4.93. The molecule has 3 heteroatoms. The van der Waals surface area contributed by atoms with Crippen LogP contribution in [-0.4, -0.2) is 49.3 Å². The first-order valence-corrected chi connectivity index (χ1v) is 9.33. The number of nitrogens with zero attached hydrogens (tertiary/aromatic N) is 1. The zero-order valence-electron chi connectivity index (χ0n) is 14.0. The predicted octanol–water partition coefficient (Wildman–Crippen LogP) is 3.04. The van der Waals surface area contributed by atoms with Gasteiger partial charge in [0.05, 0.1) is 6.10 Å². The van der Waals surface area contributed by atoms with Crippen molar-refractivity contribution < 1.29 is 4.74 Å². The van der Waals surface area contributed by atoms with Gasteiger partial charge in [-0.25, -0.2) is 0 Å². The standard InChI is InChI=1S/C18H34N2O/c1-14(2)17-13-20(12-16-9-6-10-21-16)18(11-19-17)15-7-4-3-5-8-15/h14-19H,3-13H2,1-2H3. The lowest BCUT2D eigenvalue weighted by molar-refractivity contribution is 0.0108. The third kappa shape index (κ3) is 4.00. The molecule has 3 fully saturated rings. The van der Waals surface area contributed by atoms with Crippen LogP contribution in [0, 0.1) is 11.8 Å². The first-order valence-electron chi connectivity index (χ1n) is 9.33. The fourth-order valence-electron chi connectivity index (χ4n) is 4.54. The fraction of sp³-hybridized carbons (Fsp3) is 1.00. The largest absolute Gasteiger partial charge is 0.377 e. The van der Waals surface area contributed by atoms with Gasteiger partial charge in [0, 0.05) is 38.3 Å². The van der Waals surface area contributed by atoms with Crippen molar-refractivity contribution in [2.45, 2.75) is 77.0 Å². The molecule has 0 spiro atoms. The van der Waals surface area contributed by atoms with Gasteiger partial charge in [-0.3, -0.25) is 4.90 Å². The summed E-state index contributed by atoms with van der Waals surface area (Å²) in [4.78, 5) is 2.80. The van der Waals surface area contributed by atoms with E-state index in [0.717, 1.165) is 24.5 Å². The normalized spacial score (nSPS) is 36.4. The summed E-state index contributed by atoms with van der Waals surface area (Å²) in [6, 6.07) is 1.41. The van der Waals surface area contributed by atoms with E-state index in [9.17, 15) is 0 Å². The highest BCUT2D eigenvalue weighted by Gasteiger charge is 2.36. The second-order valence-electron chi connectivity index (χ2n) is 7.81. The molecule has 0 radical (unpaired) electrons. The molecule has 2 saturated heterocycles. The summed E-state index contributed by atoms with van der Waals surface area (Å²) in [5, 5.41) is 3.84. The third-order valence-electron chi connectivity index (χ3n) is 5.95. The van der Waals surface area contributed by atoms with Gasteiger partial charge in [-0.2, -0.15) is 0 Å². The molecule has 0 aromatic carbocycles. The lowest BCUT2D eigenvalue weighted by atomic mass is 9.81. The number of rotatable bonds is 4. The zero-order chi connectivity index (χ0) is 14.7. The van der Waals surface area contributed by atoms with Crippen LogP contribution < -0.4 is 5.32 Å². The van der Waals surface area contributed by atoms with Gasteiger partial charge in [0.25, 0.3) is 0 Å². The van der Waals surface area contributed by atoms with Crippen molar-refractivity contribution in [2.75, 3.05) is 26.2 Å². The molecule has 3 nitrogen and oxygen atoms in total. The second-order valence-corrected chi connectivity index (χ2v) is 7.81. The third-order valence-corrected chi connectivity index (χ3v) is 5.95. The molecule has 3 unspecified atom stereocenters. The van der Waals surface area contributed by atoms with Crippen LogP contribution in [0.25, 0.3) is 0 Å². The van der Waals surface area contributed by atoms with Gasteiger partial charge in [-0.05, 0) is 37.5 Å². The molecule has 1 N–H and O–H groups in total. The minimum atomic E-state index is 0.502. The molecule has 21 heavy (non-hydrogen) atoms. The summed E-state index contributed by atoms with van der Waals surface area (Å²) < 4.78 is 5.93. The van der Waals surface area contributed by atoms with Gasteiger partial charge in [-0.1, -0.05) is 33.1 Å². The molecule has 2 aliphatic heterocycles. The Bertz CT molecular complexity index is 306. The Balaban J connectivity index is 1.63. The van der Waals surface area contributed by atoms with E-state index >= 15 is 0 Å². The van der Waals surface area contributed by atoms with Crippen LogP contribution in [0.5, 0.6) is 0 Å². The maximum atomic E-state index is 5.93. The summed E-state index contributed by atoms with van der Waals surface area (Å²) >= 11 is 0. The van der Waals surface area contributed by atoms with E-state index in [1.54, 1.807) is 0 Å². The Morgan fingerprint density at radius 1 is 1.10 bits per heavy atom. The van der Waals surface area contributed by atoms with Gasteiger partial charge >= 0.3 is 0 Å². The van der Waals surface area contributed by atoms with Crippen molar-refractivity contribution >= 4 is 0 Å². The lowest BCUT2D eigenvalue weighted by Crippen LogP contribution is -2.61. The van der Waals surface area contributed by atoms with Crippen molar-refractivity contribution in [1.29, 1.82) is 0 Å². The van der Waals surface area contributed by atoms with Gasteiger partial charge in [-0.15, -0.1) is 0 Å². The minimum Gasteiger partial charge on any atom is -0.377 e. The van der Waals surface area contributed by atoms with E-state index in [1.807, 2.05) is 0 Å². The molecule has 1 saturated carbocycles. The number of nitrogens with one attached hydrogen (secondary N) is 1. The molecule has 0 bridgehead atoms. The quantitative estimate of drug-likeness (QED) is 0.862. The van der Waals surface area contributed by atoms with E-state index in [1.165, 1.54) is 64.6 Å². The van der Waals surface area contributed by atoms with Crippen LogP contribution in [0.3, 0.4) is 0 Å². The van der Waals surface area contributed by atoms with E-state index in [-0.39, 0.29) is 0 Å². The number of ether oxygens (including phenoxy) is 1. The zero-order valence-corrected chi connectivity index (χ0v) is 14.0. The Morgan fingerprint density at radius 3 is 2.57 bits per heavy atom. The molecular weight excluding hydrogens is 260 g/mol. The lowest BCUT2D eigenvalue weighted by Gasteiger charge is -2.46. The first-order chi connectivity index (χ1) is 10.2. The van der Waals surface area contributed by atoms with Crippen LogP contribution >= 0.6 is 0 Å². The summed E-state index contributed by atoms with van der Waals surface area (Å²) in [5.74, 6) is 1.64. The maximum Gasteiger partial charge on any atom is 0.0702 e. The van der Waals surface area contributed by atoms with Crippen LogP contribution in [0.15, 0.2) is 0 Å². The van der Waals surface area contributed by atoms with Crippen LogP contribution in [0.1, 0.15) is 58.8 Å². The Labute approximate surface area is 130 Å². The maximum absolute atomic E-state index is 5.93. The van der Waals surface area contributed by atoms with Crippen molar-refractivity contribution in [1.82, 2.24) is 10.2 Å². The van der Waals surface area contributed by atoms with Crippen LogP contribution in [0.4, 0.5) is 0 Å². The monoisotopic (exact) mass is 294 g/mol. The number of hydrogen-bond acceptors (Lipinski definition) is 3. The minimum absolute atomic E-state index is 0.502. The highest BCUT2D eigenvalue weighted by Crippen LogP contribution is 2.31. The van der Waals surface area contributed by atoms with E-state index in [0.29, 0.717) is 12.1 Å². The molecule has 0 amide bonds. The Morgan fingerprint density at radius 2 is 1.90 bits per heavy atom. The smallest absolute Gasteiger partial charge is 0.0702 e. The van der Waals surface area contributed by atoms with Crippen molar-refractivity contribution in [3.63, 3.8) is 0 Å². The fourth-order valence-corrected chi connectivity index (χ4v) is 4.54. The second kappa shape index (κ2) is 7.43. The SMILES string of the molecule is CC(C)C1CN(CC2CCCO2)C(C2CCCCC2)CN1. The molecule has 1 aliphatic carbocycles. The Hall–Kier alpha value is -0.120. The predicted molar refractivity (Wildman–Crippen MR) is 87.5 cm³/mol. The van der Waals surface area contributed by atoms with E-state index < -0.39 is 0 Å². The number of hydrogen-bond donors (Lipinski definition) is 1. The van der Waals surface area contributed by atoms with E-state index in [4.69, 9.17) is 4.74 Å². The average Bonchev–Trinajstić information content (AvgIpc) is 3.01. The van der Waals surface area contributed by atoms with Crippen LogP contribution in [-0.2, 0) is 4.74 Å². The summed E-state index contributed by atoms with van der Waals surface area (Å²) in [5.41, 5.74) is 0. The average molecular weight is 294 g/mol. The highest BCUT2D eigenvalue weighted by atomic mass is 16.5.